The number of benzene rings is 2. The zero-order valence-corrected chi connectivity index (χ0v) is 19.7. The van der Waals surface area contributed by atoms with Crippen molar-refractivity contribution in [1.82, 2.24) is 0 Å². The molecule has 34 heavy (non-hydrogen) atoms. The normalized spacial score (nSPS) is 12.8. The van der Waals surface area contributed by atoms with Gasteiger partial charge in [0.2, 0.25) is 0 Å². The van der Waals surface area contributed by atoms with Crippen molar-refractivity contribution in [2.75, 3.05) is 32.2 Å². The number of amides is 1. The molecule has 0 aliphatic rings. The Bertz CT molecular complexity index is 968. The third kappa shape index (κ3) is 8.29. The second-order valence-corrected chi connectivity index (χ2v) is 7.42. The van der Waals surface area contributed by atoms with E-state index in [1.807, 2.05) is 6.92 Å². The molecule has 0 aliphatic carbocycles. The highest BCUT2D eigenvalue weighted by Gasteiger charge is 2.26. The van der Waals surface area contributed by atoms with Gasteiger partial charge in [-0.05, 0) is 48.9 Å². The summed E-state index contributed by atoms with van der Waals surface area (Å²) in [5.41, 5.74) is 1.93. The average molecular weight is 470 g/mol. The number of rotatable bonds is 12. The quantitative estimate of drug-likeness (QED) is 0.265. The fraction of sp³-hybridized carbons (Fsp3) is 0.308. The minimum Gasteiger partial charge on any atom is -0.497 e. The molecule has 0 unspecified atom stereocenters. The number of hydrogen-bond donors (Lipinski definition) is 2. The van der Waals surface area contributed by atoms with E-state index in [0.717, 1.165) is 0 Å². The van der Waals surface area contributed by atoms with Crippen LogP contribution in [0, 0.1) is 5.92 Å². The van der Waals surface area contributed by atoms with Crippen LogP contribution in [0.25, 0.3) is 0 Å². The molecule has 2 rings (SSSR count). The highest BCUT2D eigenvalue weighted by molar-refractivity contribution is 5.85. The molecular weight excluding hydrogens is 438 g/mol. The Labute approximate surface area is 199 Å². The summed E-state index contributed by atoms with van der Waals surface area (Å²) in [5.74, 6) is 0.394. The van der Waals surface area contributed by atoms with E-state index in [1.54, 1.807) is 62.6 Å². The van der Waals surface area contributed by atoms with Gasteiger partial charge in [-0.2, -0.15) is 0 Å². The van der Waals surface area contributed by atoms with Crippen LogP contribution in [-0.4, -0.2) is 44.1 Å². The molecule has 0 aromatic heterocycles. The van der Waals surface area contributed by atoms with E-state index in [1.165, 1.54) is 12.2 Å². The first-order valence-electron chi connectivity index (χ1n) is 10.8. The van der Waals surface area contributed by atoms with Crippen LogP contribution in [0.5, 0.6) is 11.5 Å². The lowest BCUT2D eigenvalue weighted by Crippen LogP contribution is -2.23. The minimum atomic E-state index is -0.700. The number of carbonyl (C=O) groups is 2. The van der Waals surface area contributed by atoms with Crippen molar-refractivity contribution in [3.8, 4) is 11.5 Å². The number of hydrogen-bond acceptors (Lipinski definition) is 7. The molecule has 0 radical (unpaired) electrons. The number of anilines is 1. The molecule has 8 heteroatoms. The second kappa shape index (κ2) is 13.7. The molecule has 0 saturated carbocycles. The van der Waals surface area contributed by atoms with Gasteiger partial charge >= 0.3 is 12.1 Å². The Hall–Kier alpha value is -3.78. The fourth-order valence-electron chi connectivity index (χ4n) is 3.05. The lowest BCUT2D eigenvalue weighted by Gasteiger charge is -2.25. The Balaban J connectivity index is 2.22. The molecule has 0 heterocycles. The molecule has 2 aromatic rings. The van der Waals surface area contributed by atoms with Gasteiger partial charge in [-0.1, -0.05) is 37.3 Å². The topological polar surface area (TPSA) is 103 Å². The van der Waals surface area contributed by atoms with E-state index in [-0.39, 0.29) is 25.7 Å². The smallest absolute Gasteiger partial charge is 0.412 e. The van der Waals surface area contributed by atoms with Crippen molar-refractivity contribution < 1.29 is 33.6 Å². The van der Waals surface area contributed by atoms with Gasteiger partial charge in [0, 0.05) is 17.7 Å². The van der Waals surface area contributed by atoms with Crippen molar-refractivity contribution in [2.45, 2.75) is 20.0 Å². The summed E-state index contributed by atoms with van der Waals surface area (Å²) in [7, 11) is 1.56. The summed E-state index contributed by atoms with van der Waals surface area (Å²) in [4.78, 5) is 24.7. The first kappa shape index (κ1) is 26.5. The first-order valence-corrected chi connectivity index (χ1v) is 10.8. The highest BCUT2D eigenvalue weighted by atomic mass is 16.6. The van der Waals surface area contributed by atoms with Crippen LogP contribution in [0.2, 0.25) is 0 Å². The van der Waals surface area contributed by atoms with E-state index >= 15 is 0 Å². The van der Waals surface area contributed by atoms with Gasteiger partial charge < -0.3 is 24.1 Å². The molecular formula is C26H31NO7. The van der Waals surface area contributed by atoms with E-state index in [9.17, 15) is 9.59 Å². The summed E-state index contributed by atoms with van der Waals surface area (Å²) in [5, 5.41) is 11.6. The summed E-state index contributed by atoms with van der Waals surface area (Å²) in [6.07, 6.45) is 1.52. The van der Waals surface area contributed by atoms with Crippen molar-refractivity contribution in [2.24, 2.45) is 5.92 Å². The number of ether oxygens (including phenoxy) is 4. The maximum atomic E-state index is 12.7. The average Bonchev–Trinajstić information content (AvgIpc) is 2.85. The van der Waals surface area contributed by atoms with Crippen LogP contribution in [0.15, 0.2) is 72.8 Å². The summed E-state index contributed by atoms with van der Waals surface area (Å²) in [6.45, 7) is 7.34. The van der Waals surface area contributed by atoms with Crippen molar-refractivity contribution in [3.05, 3.63) is 78.4 Å². The maximum absolute atomic E-state index is 12.7. The zero-order chi connectivity index (χ0) is 24.9. The van der Waals surface area contributed by atoms with Crippen LogP contribution in [0.3, 0.4) is 0 Å². The number of aliphatic hydroxyl groups is 1. The van der Waals surface area contributed by atoms with E-state index in [4.69, 9.17) is 24.1 Å². The third-order valence-corrected chi connectivity index (χ3v) is 5.00. The summed E-state index contributed by atoms with van der Waals surface area (Å²) >= 11 is 0. The highest BCUT2D eigenvalue weighted by Crippen LogP contribution is 2.32. The minimum absolute atomic E-state index is 0.0952. The summed E-state index contributed by atoms with van der Waals surface area (Å²) in [6, 6.07) is 13.9. The molecule has 1 amide bonds. The Morgan fingerprint density at radius 2 is 1.74 bits per heavy atom. The Kier molecular flexibility index (Phi) is 10.7. The predicted molar refractivity (Wildman–Crippen MR) is 129 cm³/mol. The van der Waals surface area contributed by atoms with E-state index < -0.39 is 18.2 Å². The van der Waals surface area contributed by atoms with Gasteiger partial charge in [0.1, 0.15) is 30.8 Å². The summed E-state index contributed by atoms with van der Waals surface area (Å²) < 4.78 is 21.4. The van der Waals surface area contributed by atoms with Gasteiger partial charge in [0.15, 0.2) is 0 Å². The number of esters is 1. The Morgan fingerprint density at radius 3 is 2.32 bits per heavy atom. The third-order valence-electron chi connectivity index (χ3n) is 5.00. The van der Waals surface area contributed by atoms with Crippen LogP contribution in [0.4, 0.5) is 10.5 Å². The maximum Gasteiger partial charge on any atom is 0.412 e. The van der Waals surface area contributed by atoms with Gasteiger partial charge in [0.05, 0.1) is 13.7 Å². The van der Waals surface area contributed by atoms with Gasteiger partial charge in [-0.25, -0.2) is 9.59 Å². The molecule has 8 nitrogen and oxygen atoms in total. The first-order chi connectivity index (χ1) is 16.4. The van der Waals surface area contributed by atoms with Gasteiger partial charge in [0.25, 0.3) is 0 Å². The Morgan fingerprint density at radius 1 is 1.09 bits per heavy atom. The number of methoxy groups -OCH3 is 1. The zero-order valence-electron chi connectivity index (χ0n) is 19.7. The van der Waals surface area contributed by atoms with Crippen LogP contribution < -0.4 is 14.8 Å². The second-order valence-electron chi connectivity index (χ2n) is 7.42. The predicted octanol–water partition coefficient (Wildman–Crippen LogP) is 4.67. The molecule has 2 aromatic carbocycles. The molecule has 0 fully saturated rings. The van der Waals surface area contributed by atoms with Crippen LogP contribution in [-0.2, 0) is 14.3 Å². The standard InChI is InChI=1S/C26H31NO7/c1-5-15-33-24(29)17-18(2)19(3)25(20-6-10-23(11-7-20)32-16-14-28)34-26(30)27-21-8-12-22(31-4)13-9-21/h5-13,17,19,25,28H,1,14-16H2,2-4H3,(H,27,30)/b18-17+/t19-,25+/m1/s1. The molecule has 0 saturated heterocycles. The fourth-order valence-corrected chi connectivity index (χ4v) is 3.05. The van der Waals surface area contributed by atoms with Crippen molar-refractivity contribution in [1.29, 1.82) is 0 Å². The monoisotopic (exact) mass is 469 g/mol. The molecule has 182 valence electrons. The van der Waals surface area contributed by atoms with Gasteiger partial charge in [-0.3, -0.25) is 5.32 Å². The lowest BCUT2D eigenvalue weighted by molar-refractivity contribution is -0.136. The van der Waals surface area contributed by atoms with Crippen LogP contribution in [0.1, 0.15) is 25.5 Å². The molecule has 0 bridgehead atoms. The molecule has 0 aliphatic heterocycles. The molecule has 2 atom stereocenters. The number of aliphatic hydroxyl groups excluding tert-OH is 1. The van der Waals surface area contributed by atoms with Crippen molar-refractivity contribution >= 4 is 17.7 Å². The van der Waals surface area contributed by atoms with Crippen LogP contribution >= 0.6 is 0 Å². The van der Waals surface area contributed by atoms with E-state index in [2.05, 4.69) is 11.9 Å². The van der Waals surface area contributed by atoms with Gasteiger partial charge in [-0.15, -0.1) is 0 Å². The number of nitrogens with one attached hydrogen (secondary N) is 1. The number of carbonyl (C=O) groups excluding carboxylic acids is 2. The SMILES string of the molecule is C=CCOC(=O)/C=C(\C)[C@@H](C)[C@H](OC(=O)Nc1ccc(OC)cc1)c1ccc(OCCO)cc1. The molecule has 2 N–H and O–H groups in total. The lowest BCUT2D eigenvalue weighted by atomic mass is 9.91. The van der Waals surface area contributed by atoms with E-state index in [0.29, 0.717) is 28.3 Å². The largest absolute Gasteiger partial charge is 0.497 e. The van der Waals surface area contributed by atoms with Crippen molar-refractivity contribution in [3.63, 3.8) is 0 Å². The molecule has 0 spiro atoms.